The van der Waals surface area contributed by atoms with Crippen molar-refractivity contribution in [3.05, 3.63) is 16.6 Å². The third-order valence-electron chi connectivity index (χ3n) is 1.20. The van der Waals surface area contributed by atoms with Crippen LogP contribution in [0.15, 0.2) is 16.7 Å². The summed E-state index contributed by atoms with van der Waals surface area (Å²) >= 11 is 1.21. The lowest BCUT2D eigenvalue weighted by Crippen LogP contribution is -2.18. The molecule has 0 unspecified atom stereocenters. The van der Waals surface area contributed by atoms with Gasteiger partial charge in [-0.1, -0.05) is 5.16 Å². The standard InChI is InChI=1S/C7H8N2O3S/c1-2-12-7(10)5(9-11)6-8-3-4-13-6/h3-4,11H,2H2,1H3/b9-5-. The maximum absolute atomic E-state index is 11.1. The average molecular weight is 200 g/mol. The molecule has 0 fully saturated rings. The topological polar surface area (TPSA) is 71.8 Å². The summed E-state index contributed by atoms with van der Waals surface area (Å²) in [6.07, 6.45) is 1.52. The van der Waals surface area contributed by atoms with E-state index >= 15 is 0 Å². The van der Waals surface area contributed by atoms with Crippen molar-refractivity contribution in [1.82, 2.24) is 4.98 Å². The second-order valence-corrected chi connectivity index (χ2v) is 2.90. The number of ether oxygens (including phenoxy) is 1. The van der Waals surface area contributed by atoms with Crippen molar-refractivity contribution >= 4 is 23.0 Å². The smallest absolute Gasteiger partial charge is 0.363 e. The molecule has 0 saturated heterocycles. The fraction of sp³-hybridized carbons (Fsp3) is 0.286. The predicted molar refractivity (Wildman–Crippen MR) is 47.1 cm³/mol. The first-order valence-electron chi connectivity index (χ1n) is 3.58. The first-order valence-corrected chi connectivity index (χ1v) is 4.46. The second kappa shape index (κ2) is 4.56. The number of hydrogen-bond donors (Lipinski definition) is 1. The second-order valence-electron chi connectivity index (χ2n) is 2.01. The van der Waals surface area contributed by atoms with Gasteiger partial charge in [-0.05, 0) is 6.92 Å². The van der Waals surface area contributed by atoms with Gasteiger partial charge in [-0.25, -0.2) is 9.78 Å². The van der Waals surface area contributed by atoms with E-state index in [1.165, 1.54) is 17.5 Å². The van der Waals surface area contributed by atoms with Crippen LogP contribution in [0, 0.1) is 0 Å². The zero-order chi connectivity index (χ0) is 9.68. The van der Waals surface area contributed by atoms with Crippen LogP contribution in [0.4, 0.5) is 0 Å². The zero-order valence-corrected chi connectivity index (χ0v) is 7.74. The molecule has 0 aromatic carbocycles. The molecule has 0 bridgehead atoms. The normalized spacial score (nSPS) is 11.3. The molecule has 1 N–H and O–H groups in total. The lowest BCUT2D eigenvalue weighted by Gasteiger charge is -1.99. The van der Waals surface area contributed by atoms with Crippen LogP contribution in [0.5, 0.6) is 0 Å². The highest BCUT2D eigenvalue weighted by atomic mass is 32.1. The first kappa shape index (κ1) is 9.66. The van der Waals surface area contributed by atoms with Crippen molar-refractivity contribution in [2.45, 2.75) is 6.92 Å². The molecule has 0 atom stereocenters. The summed E-state index contributed by atoms with van der Waals surface area (Å²) in [4.78, 5) is 14.9. The van der Waals surface area contributed by atoms with Crippen LogP contribution in [0.25, 0.3) is 0 Å². The van der Waals surface area contributed by atoms with Gasteiger partial charge in [0.1, 0.15) is 0 Å². The molecule has 0 saturated carbocycles. The molecule has 1 aromatic rings. The van der Waals surface area contributed by atoms with E-state index in [0.29, 0.717) is 5.01 Å². The molecule has 0 amide bonds. The van der Waals surface area contributed by atoms with Gasteiger partial charge in [-0.3, -0.25) is 0 Å². The van der Waals surface area contributed by atoms with E-state index in [1.54, 1.807) is 12.3 Å². The van der Waals surface area contributed by atoms with Gasteiger partial charge in [0.05, 0.1) is 6.61 Å². The third-order valence-corrected chi connectivity index (χ3v) is 1.98. The van der Waals surface area contributed by atoms with Crippen molar-refractivity contribution in [2.75, 3.05) is 6.61 Å². The summed E-state index contributed by atoms with van der Waals surface area (Å²) in [6, 6.07) is 0. The Balaban J connectivity index is 2.82. The molecule has 1 aromatic heterocycles. The Hall–Kier alpha value is -1.43. The minimum absolute atomic E-state index is 0.156. The molecule has 6 heteroatoms. The van der Waals surface area contributed by atoms with E-state index in [9.17, 15) is 4.79 Å². The number of esters is 1. The van der Waals surface area contributed by atoms with Crippen molar-refractivity contribution < 1.29 is 14.7 Å². The van der Waals surface area contributed by atoms with Crippen molar-refractivity contribution in [1.29, 1.82) is 0 Å². The molecule has 5 nitrogen and oxygen atoms in total. The fourth-order valence-electron chi connectivity index (χ4n) is 0.711. The molecule has 1 heterocycles. The number of nitrogens with zero attached hydrogens (tertiary/aromatic N) is 2. The number of hydrogen-bond acceptors (Lipinski definition) is 6. The van der Waals surface area contributed by atoms with Gasteiger partial charge >= 0.3 is 5.97 Å². The van der Waals surface area contributed by atoms with Crippen LogP contribution in [-0.4, -0.2) is 28.5 Å². The van der Waals surface area contributed by atoms with Gasteiger partial charge in [-0.15, -0.1) is 11.3 Å². The van der Waals surface area contributed by atoms with Crippen LogP contribution in [-0.2, 0) is 9.53 Å². The molecule has 13 heavy (non-hydrogen) atoms. The van der Waals surface area contributed by atoms with Crippen molar-refractivity contribution in [2.24, 2.45) is 5.16 Å². The van der Waals surface area contributed by atoms with Crippen LogP contribution >= 0.6 is 11.3 Å². The minimum atomic E-state index is -0.667. The Morgan fingerprint density at radius 1 is 1.85 bits per heavy atom. The van der Waals surface area contributed by atoms with Gasteiger partial charge in [0.2, 0.25) is 5.71 Å². The van der Waals surface area contributed by atoms with E-state index in [-0.39, 0.29) is 12.3 Å². The quantitative estimate of drug-likeness (QED) is 0.340. The summed E-state index contributed by atoms with van der Waals surface area (Å²) < 4.78 is 4.66. The maximum Gasteiger partial charge on any atom is 0.363 e. The highest BCUT2D eigenvalue weighted by molar-refractivity contribution is 7.12. The van der Waals surface area contributed by atoms with E-state index in [4.69, 9.17) is 5.21 Å². The summed E-state index contributed by atoms with van der Waals surface area (Å²) in [5.74, 6) is -0.667. The fourth-order valence-corrected chi connectivity index (χ4v) is 1.32. The highest BCUT2D eigenvalue weighted by Crippen LogP contribution is 2.06. The van der Waals surface area contributed by atoms with Gasteiger partial charge in [0.15, 0.2) is 5.01 Å². The molecule has 0 spiro atoms. The highest BCUT2D eigenvalue weighted by Gasteiger charge is 2.18. The molecule has 1 rings (SSSR count). The molecule has 0 aliphatic carbocycles. The van der Waals surface area contributed by atoms with Gasteiger partial charge in [0, 0.05) is 11.6 Å². The van der Waals surface area contributed by atoms with Crippen molar-refractivity contribution in [3.8, 4) is 0 Å². The Kier molecular flexibility index (Phi) is 3.39. The lowest BCUT2D eigenvalue weighted by molar-refractivity contribution is -0.135. The molecule has 0 aliphatic rings. The van der Waals surface area contributed by atoms with E-state index in [1.807, 2.05) is 0 Å². The van der Waals surface area contributed by atoms with Gasteiger partial charge in [-0.2, -0.15) is 0 Å². The van der Waals surface area contributed by atoms with Gasteiger partial charge in [0.25, 0.3) is 0 Å². The molecule has 70 valence electrons. The van der Waals surface area contributed by atoms with Crippen LogP contribution in [0.1, 0.15) is 11.9 Å². The lowest BCUT2D eigenvalue weighted by atomic mass is 10.4. The number of thiazole rings is 1. The van der Waals surface area contributed by atoms with Gasteiger partial charge < -0.3 is 9.94 Å². The molecular weight excluding hydrogens is 192 g/mol. The SMILES string of the molecule is CCOC(=O)/C(=N\O)c1nccs1. The molecule has 0 aliphatic heterocycles. The Labute approximate surface area is 78.7 Å². The van der Waals surface area contributed by atoms with Crippen LogP contribution in [0.3, 0.4) is 0 Å². The van der Waals surface area contributed by atoms with Crippen molar-refractivity contribution in [3.63, 3.8) is 0 Å². The third kappa shape index (κ3) is 2.25. The monoisotopic (exact) mass is 200 g/mol. The summed E-state index contributed by atoms with van der Waals surface area (Å²) in [6.45, 7) is 1.91. The zero-order valence-electron chi connectivity index (χ0n) is 6.93. The average Bonchev–Trinajstić information content (AvgIpc) is 2.59. The molecule has 0 radical (unpaired) electrons. The minimum Gasteiger partial charge on any atom is -0.461 e. The number of rotatable bonds is 3. The number of carbonyl (C=O) groups is 1. The Bertz CT molecular complexity index is 308. The number of carbonyl (C=O) groups excluding carboxylic acids is 1. The number of aromatic nitrogens is 1. The van der Waals surface area contributed by atoms with E-state index < -0.39 is 5.97 Å². The van der Waals surface area contributed by atoms with E-state index in [2.05, 4.69) is 14.9 Å². The Morgan fingerprint density at radius 2 is 2.62 bits per heavy atom. The Morgan fingerprint density at radius 3 is 3.08 bits per heavy atom. The first-order chi connectivity index (χ1) is 6.29. The summed E-state index contributed by atoms with van der Waals surface area (Å²) in [7, 11) is 0. The van der Waals surface area contributed by atoms with E-state index in [0.717, 1.165) is 0 Å². The maximum atomic E-state index is 11.1. The van der Waals surface area contributed by atoms with Crippen LogP contribution in [0.2, 0.25) is 0 Å². The van der Waals surface area contributed by atoms with Crippen LogP contribution < -0.4 is 0 Å². The summed E-state index contributed by atoms with van der Waals surface area (Å²) in [5.41, 5.74) is -0.156. The largest absolute Gasteiger partial charge is 0.461 e. The molecular formula is C7H8N2O3S. The number of oxime groups is 1. The summed E-state index contributed by atoms with van der Waals surface area (Å²) in [5, 5.41) is 13.4. The predicted octanol–water partition coefficient (Wildman–Crippen LogP) is 0.885.